The van der Waals surface area contributed by atoms with Gasteiger partial charge in [-0.05, 0) is 86.8 Å². The highest BCUT2D eigenvalue weighted by atomic mass is 32.1. The fourth-order valence-corrected chi connectivity index (χ4v) is 3.96. The van der Waals surface area contributed by atoms with Crippen molar-refractivity contribution in [2.75, 3.05) is 5.75 Å². The normalized spacial score (nSPS) is 14.1. The molecular formula is C27H45N3O4S. The van der Waals surface area contributed by atoms with Crippen LogP contribution >= 0.6 is 12.6 Å². The van der Waals surface area contributed by atoms with Crippen molar-refractivity contribution in [1.29, 1.82) is 0 Å². The molecule has 0 fully saturated rings. The van der Waals surface area contributed by atoms with Gasteiger partial charge in [0, 0.05) is 16.8 Å². The number of carbonyl (C=O) groups is 3. The molecule has 2 N–H and O–H groups in total. The fourth-order valence-electron chi connectivity index (χ4n) is 3.72. The topological polar surface area (TPSA) is 87.7 Å². The van der Waals surface area contributed by atoms with Gasteiger partial charge in [-0.2, -0.15) is 12.6 Å². The van der Waals surface area contributed by atoms with Crippen LogP contribution in [0, 0.1) is 13.8 Å². The summed E-state index contributed by atoms with van der Waals surface area (Å²) < 4.78 is 5.37. The molecule has 0 aliphatic carbocycles. The van der Waals surface area contributed by atoms with Crippen molar-refractivity contribution in [3.05, 3.63) is 34.9 Å². The first-order valence-electron chi connectivity index (χ1n) is 12.2. The summed E-state index contributed by atoms with van der Waals surface area (Å²) in [4.78, 5) is 42.0. The number of nitrogens with one attached hydrogen (secondary N) is 2. The number of rotatable bonds is 8. The van der Waals surface area contributed by atoms with E-state index in [4.69, 9.17) is 4.74 Å². The standard InChI is InChI=1S/C27H45N3O4S/c1-12-27(10,11)30(23(32)20(16-35)28-24(33)34-26(7,8)9)21(22(31)29-25(4,5)6)19-14-13-17(2)15-18(19)3/h13-15,20-21,35H,12,16H2,1-11H3,(H,28,33)(H,29,31). The first-order valence-corrected chi connectivity index (χ1v) is 12.8. The van der Waals surface area contributed by atoms with Gasteiger partial charge in [-0.3, -0.25) is 9.59 Å². The van der Waals surface area contributed by atoms with Crippen LogP contribution < -0.4 is 10.6 Å². The van der Waals surface area contributed by atoms with Crippen molar-refractivity contribution in [3.8, 4) is 0 Å². The molecule has 198 valence electrons. The Morgan fingerprint density at radius 2 is 1.60 bits per heavy atom. The quantitative estimate of drug-likeness (QED) is 0.427. The second-order valence-electron chi connectivity index (χ2n) is 11.8. The lowest BCUT2D eigenvalue weighted by molar-refractivity contribution is -0.149. The second-order valence-corrected chi connectivity index (χ2v) is 12.1. The van der Waals surface area contributed by atoms with Gasteiger partial charge in [0.15, 0.2) is 0 Å². The summed E-state index contributed by atoms with van der Waals surface area (Å²) in [5.74, 6) is -0.629. The summed E-state index contributed by atoms with van der Waals surface area (Å²) in [6, 6.07) is 3.97. The van der Waals surface area contributed by atoms with Crippen LogP contribution in [0.3, 0.4) is 0 Å². The molecule has 0 saturated carbocycles. The van der Waals surface area contributed by atoms with Crippen molar-refractivity contribution >= 4 is 30.5 Å². The molecule has 1 aromatic rings. The maximum atomic E-state index is 14.1. The van der Waals surface area contributed by atoms with Crippen molar-refractivity contribution in [1.82, 2.24) is 15.5 Å². The van der Waals surface area contributed by atoms with Gasteiger partial charge in [0.2, 0.25) is 11.8 Å². The Labute approximate surface area is 217 Å². The third-order valence-corrected chi connectivity index (χ3v) is 6.02. The van der Waals surface area contributed by atoms with Crippen LogP contribution in [0.4, 0.5) is 4.79 Å². The lowest BCUT2D eigenvalue weighted by Gasteiger charge is -2.45. The maximum absolute atomic E-state index is 14.1. The molecule has 3 amide bonds. The van der Waals surface area contributed by atoms with E-state index in [0.717, 1.165) is 16.7 Å². The van der Waals surface area contributed by atoms with Crippen LogP contribution in [0.1, 0.15) is 91.5 Å². The number of thiol groups is 1. The molecule has 7 nitrogen and oxygen atoms in total. The van der Waals surface area contributed by atoms with Gasteiger partial charge < -0.3 is 20.3 Å². The number of carbonyl (C=O) groups excluding carboxylic acids is 3. The van der Waals surface area contributed by atoms with Gasteiger partial charge in [0.05, 0.1) is 0 Å². The van der Waals surface area contributed by atoms with Crippen LogP contribution in [0.15, 0.2) is 18.2 Å². The van der Waals surface area contributed by atoms with Crippen molar-refractivity contribution in [3.63, 3.8) is 0 Å². The first-order chi connectivity index (χ1) is 15.8. The minimum atomic E-state index is -0.977. The predicted octanol–water partition coefficient (Wildman–Crippen LogP) is 5.10. The van der Waals surface area contributed by atoms with E-state index < -0.39 is 40.8 Å². The molecule has 0 aromatic heterocycles. The fraction of sp³-hybridized carbons (Fsp3) is 0.667. The average molecular weight is 508 g/mol. The summed E-state index contributed by atoms with van der Waals surface area (Å²) >= 11 is 4.35. The van der Waals surface area contributed by atoms with Crippen LogP contribution in [0.2, 0.25) is 0 Å². The zero-order valence-corrected chi connectivity index (χ0v) is 24.2. The molecule has 2 atom stereocenters. The van der Waals surface area contributed by atoms with Crippen molar-refractivity contribution in [2.45, 2.75) is 111 Å². The summed E-state index contributed by atoms with van der Waals surface area (Å²) in [6.07, 6.45) is -0.115. The zero-order valence-electron chi connectivity index (χ0n) is 23.3. The largest absolute Gasteiger partial charge is 0.444 e. The second kappa shape index (κ2) is 11.7. The van der Waals surface area contributed by atoms with Crippen LogP contribution in [-0.4, -0.2) is 51.3 Å². The van der Waals surface area contributed by atoms with Gasteiger partial charge in [-0.1, -0.05) is 30.7 Å². The van der Waals surface area contributed by atoms with Crippen LogP contribution in [0.5, 0.6) is 0 Å². The highest BCUT2D eigenvalue weighted by Crippen LogP contribution is 2.34. The van der Waals surface area contributed by atoms with E-state index in [-0.39, 0.29) is 11.7 Å². The Balaban J connectivity index is 3.65. The molecule has 0 aliphatic heterocycles. The van der Waals surface area contributed by atoms with Gasteiger partial charge in [0.1, 0.15) is 17.7 Å². The lowest BCUT2D eigenvalue weighted by Crippen LogP contribution is -2.60. The van der Waals surface area contributed by atoms with Gasteiger partial charge >= 0.3 is 6.09 Å². The molecular weight excluding hydrogens is 462 g/mol. The highest BCUT2D eigenvalue weighted by Gasteiger charge is 2.43. The monoisotopic (exact) mass is 507 g/mol. The number of hydrogen-bond donors (Lipinski definition) is 3. The SMILES string of the molecule is CCC(C)(C)N(C(=O)C(CS)NC(=O)OC(C)(C)C)C(C(=O)NC(C)(C)C)c1ccc(C)cc1C. The number of ether oxygens (including phenoxy) is 1. The van der Waals surface area contributed by atoms with Gasteiger partial charge in [-0.15, -0.1) is 0 Å². The van der Waals surface area contributed by atoms with Gasteiger partial charge in [-0.25, -0.2) is 4.79 Å². The van der Waals surface area contributed by atoms with Crippen LogP contribution in [0.25, 0.3) is 0 Å². The number of benzene rings is 1. The molecule has 0 saturated heterocycles. The third-order valence-electron chi connectivity index (χ3n) is 5.65. The predicted molar refractivity (Wildman–Crippen MR) is 145 cm³/mol. The molecule has 0 bridgehead atoms. The van der Waals surface area contributed by atoms with E-state index in [9.17, 15) is 14.4 Å². The number of amides is 3. The van der Waals surface area contributed by atoms with Crippen molar-refractivity contribution in [2.24, 2.45) is 0 Å². The molecule has 2 unspecified atom stereocenters. The number of aryl methyl sites for hydroxylation is 2. The molecule has 0 aliphatic rings. The van der Waals surface area contributed by atoms with E-state index in [1.807, 2.05) is 73.6 Å². The number of nitrogens with zero attached hydrogens (tertiary/aromatic N) is 1. The van der Waals surface area contributed by atoms with Crippen molar-refractivity contribution < 1.29 is 19.1 Å². The van der Waals surface area contributed by atoms with E-state index >= 15 is 0 Å². The van der Waals surface area contributed by atoms with Crippen LogP contribution in [-0.2, 0) is 14.3 Å². The van der Waals surface area contributed by atoms with Gasteiger partial charge in [0.25, 0.3) is 0 Å². The maximum Gasteiger partial charge on any atom is 0.408 e. The van der Waals surface area contributed by atoms with E-state index in [0.29, 0.717) is 6.42 Å². The molecule has 0 spiro atoms. The lowest BCUT2D eigenvalue weighted by atomic mass is 9.89. The number of hydrogen-bond acceptors (Lipinski definition) is 5. The minimum absolute atomic E-state index is 0.0505. The first kappa shape index (κ1) is 30.8. The Kier molecular flexibility index (Phi) is 10.3. The van der Waals surface area contributed by atoms with E-state index in [2.05, 4.69) is 23.3 Å². The molecule has 0 heterocycles. The zero-order chi connectivity index (χ0) is 27.4. The molecule has 35 heavy (non-hydrogen) atoms. The average Bonchev–Trinajstić information content (AvgIpc) is 2.67. The highest BCUT2D eigenvalue weighted by molar-refractivity contribution is 7.80. The number of alkyl carbamates (subject to hydrolysis) is 1. The summed E-state index contributed by atoms with van der Waals surface area (Å²) in [6.45, 7) is 20.7. The Bertz CT molecular complexity index is 916. The molecule has 8 heteroatoms. The Hall–Kier alpha value is -2.22. The Morgan fingerprint density at radius 3 is 2.03 bits per heavy atom. The summed E-state index contributed by atoms with van der Waals surface area (Å²) in [5, 5.41) is 5.71. The minimum Gasteiger partial charge on any atom is -0.444 e. The van der Waals surface area contributed by atoms with E-state index in [1.54, 1.807) is 25.7 Å². The Morgan fingerprint density at radius 1 is 1.03 bits per heavy atom. The van der Waals surface area contributed by atoms with E-state index in [1.165, 1.54) is 0 Å². The molecule has 0 radical (unpaired) electrons. The summed E-state index contributed by atoms with van der Waals surface area (Å²) in [7, 11) is 0. The molecule has 1 rings (SSSR count). The smallest absolute Gasteiger partial charge is 0.408 e. The third kappa shape index (κ3) is 9.06. The molecule has 1 aromatic carbocycles. The summed E-state index contributed by atoms with van der Waals surface area (Å²) in [5.41, 5.74) is 0.787.